The van der Waals surface area contributed by atoms with Crippen LogP contribution in [0.2, 0.25) is 0 Å². The highest BCUT2D eigenvalue weighted by atomic mass is 28.4. The summed E-state index contributed by atoms with van der Waals surface area (Å²) in [6.07, 6.45) is -1.96. The van der Waals surface area contributed by atoms with Crippen LogP contribution >= 0.6 is 0 Å². The minimum Gasteiger partial charge on any atom is -0.487 e. The lowest BCUT2D eigenvalue weighted by Crippen LogP contribution is -2.70. The molecular formula is C38H30N2O4Si2. The Bertz CT molecular complexity index is 1580. The maximum absolute atomic E-state index is 13.6. The Hall–Kier alpha value is -5.71. The lowest BCUT2D eigenvalue weighted by Gasteiger charge is -2.31. The number of rotatable bonds is 8. The first-order valence-electron chi connectivity index (χ1n) is 14.8. The molecular weight excluding hydrogens is 605 g/mol. The predicted molar refractivity (Wildman–Crippen MR) is 186 cm³/mol. The summed E-state index contributed by atoms with van der Waals surface area (Å²) in [4.78, 5) is 27.2. The van der Waals surface area contributed by atoms with E-state index in [4.69, 9.17) is 8.85 Å². The van der Waals surface area contributed by atoms with Crippen molar-refractivity contribution in [1.82, 2.24) is 0 Å². The molecule has 6 nitrogen and oxygen atoms in total. The van der Waals surface area contributed by atoms with Crippen LogP contribution in [0.5, 0.6) is 0 Å². The van der Waals surface area contributed by atoms with E-state index in [1.807, 2.05) is 182 Å². The third-order valence-corrected chi connectivity index (χ3v) is 15.6. The van der Waals surface area contributed by atoms with Gasteiger partial charge in [0.15, 0.2) is 0 Å². The average molecular weight is 635 g/mol. The van der Waals surface area contributed by atoms with Gasteiger partial charge in [-0.2, -0.15) is 0 Å². The number of benzene rings is 6. The molecule has 0 aliphatic rings. The number of azo groups is 1. The summed E-state index contributed by atoms with van der Waals surface area (Å²) in [5.41, 5.74) is 0. The van der Waals surface area contributed by atoms with E-state index in [-0.39, 0.29) is 0 Å². The van der Waals surface area contributed by atoms with Crippen molar-refractivity contribution >= 4 is 59.9 Å². The monoisotopic (exact) mass is 634 g/mol. The molecule has 6 rings (SSSR count). The molecule has 2 amide bonds. The number of hydrogen-bond donors (Lipinski definition) is 0. The van der Waals surface area contributed by atoms with Gasteiger partial charge in [-0.05, 0) is 31.1 Å². The molecule has 6 aromatic carbocycles. The van der Waals surface area contributed by atoms with E-state index >= 15 is 0 Å². The Labute approximate surface area is 269 Å². The molecule has 0 N–H and O–H groups in total. The van der Waals surface area contributed by atoms with Crippen LogP contribution in [0, 0.1) is 0 Å². The second-order valence-corrected chi connectivity index (χ2v) is 17.1. The van der Waals surface area contributed by atoms with Gasteiger partial charge in [-0.15, -0.1) is 0 Å². The van der Waals surface area contributed by atoms with Gasteiger partial charge in [0.25, 0.3) is 0 Å². The number of carbonyl (C=O) groups excluding carboxylic acids is 2. The highest BCUT2D eigenvalue weighted by Gasteiger charge is 2.47. The lowest BCUT2D eigenvalue weighted by molar-refractivity contribution is 0.200. The molecule has 0 spiro atoms. The number of hydrogen-bond acceptors (Lipinski definition) is 4. The Kier molecular flexibility index (Phi) is 9.19. The highest BCUT2D eigenvalue weighted by Crippen LogP contribution is 2.14. The van der Waals surface area contributed by atoms with E-state index < -0.39 is 28.8 Å². The van der Waals surface area contributed by atoms with Crippen LogP contribution in [-0.2, 0) is 8.85 Å². The SMILES string of the molecule is O=C(N=NC(=O)O[Si](c1ccccc1)(c1ccccc1)c1ccccc1)O[Si](c1ccccc1)(c1ccccc1)c1ccccc1. The van der Waals surface area contributed by atoms with Gasteiger partial charge < -0.3 is 8.85 Å². The molecule has 46 heavy (non-hydrogen) atoms. The molecule has 224 valence electrons. The summed E-state index contributed by atoms with van der Waals surface area (Å²) in [6, 6.07) is 57.8. The minimum absolute atomic E-state index is 0.849. The zero-order valence-electron chi connectivity index (χ0n) is 24.8. The van der Waals surface area contributed by atoms with E-state index in [9.17, 15) is 9.59 Å². The van der Waals surface area contributed by atoms with Crippen molar-refractivity contribution in [3.05, 3.63) is 182 Å². The van der Waals surface area contributed by atoms with Gasteiger partial charge in [0.2, 0.25) is 0 Å². The smallest absolute Gasteiger partial charge is 0.439 e. The van der Waals surface area contributed by atoms with Gasteiger partial charge in [-0.3, -0.25) is 0 Å². The van der Waals surface area contributed by atoms with Crippen molar-refractivity contribution in [2.75, 3.05) is 0 Å². The second-order valence-electron chi connectivity index (χ2n) is 10.5. The standard InChI is InChI=1S/C38H30N2O4Si2/c41-37(43-45(31-19-7-1-8-20-31,32-21-9-2-10-22-32)33-23-11-3-12-24-33)39-40-38(42)44-46(34-25-13-4-14-26-34,35-27-15-5-16-28-35)36-29-17-6-18-30-36/h1-30H. The summed E-state index contributed by atoms with van der Waals surface area (Å²) in [5, 5.41) is 12.7. The molecule has 0 aromatic heterocycles. The third kappa shape index (κ3) is 6.12. The van der Waals surface area contributed by atoms with E-state index in [1.165, 1.54) is 0 Å². The van der Waals surface area contributed by atoms with Crippen molar-refractivity contribution in [1.29, 1.82) is 0 Å². The fraction of sp³-hybridized carbons (Fsp3) is 0. The minimum atomic E-state index is -3.41. The molecule has 8 heteroatoms. The van der Waals surface area contributed by atoms with Crippen LogP contribution in [0.15, 0.2) is 192 Å². The van der Waals surface area contributed by atoms with Crippen LogP contribution in [0.25, 0.3) is 0 Å². The van der Waals surface area contributed by atoms with Crippen molar-refractivity contribution in [3.63, 3.8) is 0 Å². The fourth-order valence-electron chi connectivity index (χ4n) is 5.78. The van der Waals surface area contributed by atoms with Gasteiger partial charge in [0.1, 0.15) is 0 Å². The quantitative estimate of drug-likeness (QED) is 0.134. The number of amides is 2. The summed E-state index contributed by atoms with van der Waals surface area (Å²) < 4.78 is 12.7. The van der Waals surface area contributed by atoms with Crippen LogP contribution in [0.4, 0.5) is 9.59 Å². The van der Waals surface area contributed by atoms with Gasteiger partial charge in [0, 0.05) is 0 Å². The molecule has 0 unspecified atom stereocenters. The van der Waals surface area contributed by atoms with Gasteiger partial charge >= 0.3 is 28.8 Å². The van der Waals surface area contributed by atoms with Gasteiger partial charge in [-0.25, -0.2) is 9.59 Å². The van der Waals surface area contributed by atoms with E-state index in [0.717, 1.165) is 31.1 Å². The molecule has 0 heterocycles. The second kappa shape index (κ2) is 13.9. The summed E-state index contributed by atoms with van der Waals surface area (Å²) in [6.45, 7) is 0. The normalized spacial score (nSPS) is 11.6. The fourth-order valence-corrected chi connectivity index (χ4v) is 13.1. The van der Waals surface area contributed by atoms with Crippen LogP contribution in [-0.4, -0.2) is 28.8 Å². The summed E-state index contributed by atoms with van der Waals surface area (Å²) in [7, 11) is -6.82. The Balaban J connectivity index is 1.38. The van der Waals surface area contributed by atoms with E-state index in [1.54, 1.807) is 0 Å². The Morgan fingerprint density at radius 3 is 0.674 bits per heavy atom. The average Bonchev–Trinajstić information content (AvgIpc) is 3.14. The predicted octanol–water partition coefficient (Wildman–Crippen LogP) is 5.05. The Morgan fingerprint density at radius 1 is 0.326 bits per heavy atom. The molecule has 0 bridgehead atoms. The van der Waals surface area contributed by atoms with Crippen molar-refractivity contribution < 1.29 is 18.4 Å². The molecule has 6 aromatic rings. The van der Waals surface area contributed by atoms with Crippen molar-refractivity contribution in [2.45, 2.75) is 0 Å². The molecule has 0 atom stereocenters. The highest BCUT2D eigenvalue weighted by molar-refractivity contribution is 7.08. The number of nitrogens with zero attached hydrogens (tertiary/aromatic N) is 2. The topological polar surface area (TPSA) is 77.3 Å². The van der Waals surface area contributed by atoms with Crippen LogP contribution < -0.4 is 31.1 Å². The number of carbonyl (C=O) groups is 2. The lowest BCUT2D eigenvalue weighted by atomic mass is 10.3. The van der Waals surface area contributed by atoms with E-state index in [0.29, 0.717) is 0 Å². The largest absolute Gasteiger partial charge is 0.487 e. The van der Waals surface area contributed by atoms with Gasteiger partial charge in [0.05, 0.1) is 0 Å². The van der Waals surface area contributed by atoms with Gasteiger partial charge in [-0.1, -0.05) is 192 Å². The zero-order valence-corrected chi connectivity index (χ0v) is 26.8. The molecule has 0 saturated carbocycles. The molecule has 0 aliphatic carbocycles. The van der Waals surface area contributed by atoms with Crippen molar-refractivity contribution in [3.8, 4) is 0 Å². The van der Waals surface area contributed by atoms with Crippen molar-refractivity contribution in [2.24, 2.45) is 10.2 Å². The molecule has 0 radical (unpaired) electrons. The van der Waals surface area contributed by atoms with Crippen LogP contribution in [0.3, 0.4) is 0 Å². The van der Waals surface area contributed by atoms with E-state index in [2.05, 4.69) is 10.2 Å². The molecule has 0 aliphatic heterocycles. The van der Waals surface area contributed by atoms with Crippen LogP contribution in [0.1, 0.15) is 0 Å². The summed E-state index contributed by atoms with van der Waals surface area (Å²) >= 11 is 0. The Morgan fingerprint density at radius 2 is 0.500 bits per heavy atom. The molecule has 0 fully saturated rings. The summed E-state index contributed by atoms with van der Waals surface area (Å²) in [5.74, 6) is 0. The first-order chi connectivity index (χ1) is 22.6. The zero-order chi connectivity index (χ0) is 31.7. The first-order valence-corrected chi connectivity index (χ1v) is 18.7. The molecule has 0 saturated heterocycles. The first kappa shape index (κ1) is 30.3. The third-order valence-electron chi connectivity index (χ3n) is 7.78. The maximum atomic E-state index is 13.6. The maximum Gasteiger partial charge on any atom is 0.439 e.